The van der Waals surface area contributed by atoms with E-state index in [2.05, 4.69) is 20.5 Å². The van der Waals surface area contributed by atoms with Gasteiger partial charge < -0.3 is 5.32 Å². The molecule has 0 amide bonds. The van der Waals surface area contributed by atoms with Gasteiger partial charge in [-0.05, 0) is 12.8 Å². The van der Waals surface area contributed by atoms with E-state index in [9.17, 15) is 8.42 Å². The molecule has 7 nitrogen and oxygen atoms in total. The molecule has 0 aromatic carbocycles. The first-order valence-corrected chi connectivity index (χ1v) is 9.04. The monoisotopic (exact) mass is 327 g/mol. The number of aromatic nitrogens is 3. The fourth-order valence-corrected chi connectivity index (χ4v) is 3.76. The molecule has 0 aliphatic heterocycles. The van der Waals surface area contributed by atoms with Crippen molar-refractivity contribution in [3.8, 4) is 0 Å². The van der Waals surface area contributed by atoms with Crippen molar-refractivity contribution in [1.82, 2.24) is 24.8 Å². The van der Waals surface area contributed by atoms with Crippen molar-refractivity contribution in [1.29, 1.82) is 0 Å². The molecule has 2 N–H and O–H groups in total. The fourth-order valence-electron chi connectivity index (χ4n) is 1.97. The second-order valence-corrected chi connectivity index (χ2v) is 7.82. The second-order valence-electron chi connectivity index (χ2n) is 5.12. The second kappa shape index (κ2) is 5.84. The molecule has 0 saturated heterocycles. The normalized spacial score (nSPS) is 15.7. The smallest absolute Gasteiger partial charge is 0.260 e. The van der Waals surface area contributed by atoms with Crippen molar-refractivity contribution in [2.24, 2.45) is 0 Å². The number of rotatable bonds is 7. The summed E-state index contributed by atoms with van der Waals surface area (Å²) < 4.78 is 26.5. The van der Waals surface area contributed by atoms with Crippen LogP contribution in [0.25, 0.3) is 0 Å². The lowest BCUT2D eigenvalue weighted by atomic mass is 10.3. The predicted molar refractivity (Wildman–Crippen MR) is 79.2 cm³/mol. The fraction of sp³-hybridized carbons (Fsp3) is 0.500. The van der Waals surface area contributed by atoms with Gasteiger partial charge in [0.2, 0.25) is 0 Å². The summed E-state index contributed by atoms with van der Waals surface area (Å²) in [5, 5.41) is 11.8. The SMILES string of the molecule is CN(Cc1cscn1)S(=O)(=O)c1[nH]ncc1CNC1CC1. The van der Waals surface area contributed by atoms with Crippen LogP contribution >= 0.6 is 11.3 Å². The third-order valence-electron chi connectivity index (χ3n) is 3.37. The van der Waals surface area contributed by atoms with Crippen molar-refractivity contribution in [2.75, 3.05) is 7.05 Å². The quantitative estimate of drug-likeness (QED) is 0.790. The molecule has 1 aliphatic rings. The lowest BCUT2D eigenvalue weighted by Crippen LogP contribution is -2.28. The number of nitrogens with zero attached hydrogens (tertiary/aromatic N) is 3. The summed E-state index contributed by atoms with van der Waals surface area (Å²) in [4.78, 5) is 4.12. The molecule has 2 aromatic heterocycles. The highest BCUT2D eigenvalue weighted by Crippen LogP contribution is 2.22. The first-order chi connectivity index (χ1) is 10.1. The molecular weight excluding hydrogens is 310 g/mol. The van der Waals surface area contributed by atoms with Crippen molar-refractivity contribution < 1.29 is 8.42 Å². The highest BCUT2D eigenvalue weighted by molar-refractivity contribution is 7.89. The first-order valence-electron chi connectivity index (χ1n) is 6.66. The Balaban J connectivity index is 1.75. The van der Waals surface area contributed by atoms with Gasteiger partial charge in [-0.3, -0.25) is 5.10 Å². The maximum atomic E-state index is 12.6. The van der Waals surface area contributed by atoms with E-state index in [1.165, 1.54) is 15.6 Å². The standard InChI is InChI=1S/C12H17N5O2S2/c1-17(6-11-7-20-8-14-11)21(18,19)12-9(5-15-16-12)4-13-10-2-3-10/h5,7-8,10,13H,2-4,6H2,1H3,(H,15,16). The highest BCUT2D eigenvalue weighted by Gasteiger charge is 2.27. The molecule has 2 aromatic rings. The molecule has 2 heterocycles. The third-order valence-corrected chi connectivity index (χ3v) is 5.83. The number of nitrogens with one attached hydrogen (secondary N) is 2. The molecule has 114 valence electrons. The zero-order valence-electron chi connectivity index (χ0n) is 11.6. The molecule has 0 radical (unpaired) electrons. The Hall–Kier alpha value is -1.29. The van der Waals surface area contributed by atoms with Gasteiger partial charge in [0, 0.05) is 30.6 Å². The van der Waals surface area contributed by atoms with Crippen molar-refractivity contribution in [3.63, 3.8) is 0 Å². The van der Waals surface area contributed by atoms with E-state index in [4.69, 9.17) is 0 Å². The van der Waals surface area contributed by atoms with Crippen LogP contribution in [0, 0.1) is 0 Å². The maximum Gasteiger partial charge on any atom is 0.260 e. The number of hydrogen-bond donors (Lipinski definition) is 2. The largest absolute Gasteiger partial charge is 0.310 e. The van der Waals surface area contributed by atoms with E-state index >= 15 is 0 Å². The maximum absolute atomic E-state index is 12.6. The van der Waals surface area contributed by atoms with Crippen molar-refractivity contribution >= 4 is 21.4 Å². The molecular formula is C12H17N5O2S2. The minimum Gasteiger partial charge on any atom is -0.310 e. The van der Waals surface area contributed by atoms with E-state index < -0.39 is 10.0 Å². The van der Waals surface area contributed by atoms with Crippen LogP contribution in [0.15, 0.2) is 22.1 Å². The van der Waals surface area contributed by atoms with E-state index in [-0.39, 0.29) is 11.6 Å². The number of hydrogen-bond acceptors (Lipinski definition) is 6. The summed E-state index contributed by atoms with van der Waals surface area (Å²) in [6, 6.07) is 0.517. The van der Waals surface area contributed by atoms with Gasteiger partial charge in [-0.1, -0.05) is 0 Å². The third kappa shape index (κ3) is 3.31. The van der Waals surface area contributed by atoms with Gasteiger partial charge in [0.05, 0.1) is 23.9 Å². The van der Waals surface area contributed by atoms with E-state index in [0.717, 1.165) is 18.5 Å². The molecule has 21 heavy (non-hydrogen) atoms. The van der Waals surface area contributed by atoms with Crippen LogP contribution in [0.1, 0.15) is 24.1 Å². The summed E-state index contributed by atoms with van der Waals surface area (Å²) in [5.41, 5.74) is 3.10. The Labute approximate surface area is 127 Å². The predicted octanol–water partition coefficient (Wildman–Crippen LogP) is 0.939. The van der Waals surface area contributed by atoms with Crippen molar-refractivity contribution in [3.05, 3.63) is 28.3 Å². The molecule has 1 fully saturated rings. The van der Waals surface area contributed by atoms with E-state index in [1.807, 2.05) is 5.38 Å². The molecule has 0 bridgehead atoms. The van der Waals surface area contributed by atoms with Crippen LogP contribution in [0.2, 0.25) is 0 Å². The molecule has 3 rings (SSSR count). The van der Waals surface area contributed by atoms with Gasteiger partial charge in [0.1, 0.15) is 0 Å². The Morgan fingerprint density at radius 2 is 2.33 bits per heavy atom. The lowest BCUT2D eigenvalue weighted by molar-refractivity contribution is 0.458. The van der Waals surface area contributed by atoms with Crippen LogP contribution in [0.5, 0.6) is 0 Å². The van der Waals surface area contributed by atoms with E-state index in [1.54, 1.807) is 18.8 Å². The number of aromatic amines is 1. The summed E-state index contributed by atoms with van der Waals surface area (Å²) in [6.45, 7) is 0.765. The van der Waals surface area contributed by atoms with Gasteiger partial charge in [0.15, 0.2) is 5.03 Å². The number of sulfonamides is 1. The Bertz CT molecular complexity index is 691. The van der Waals surface area contributed by atoms with Gasteiger partial charge in [-0.25, -0.2) is 13.4 Å². The summed E-state index contributed by atoms with van der Waals surface area (Å²) in [6.07, 6.45) is 3.88. The first kappa shape index (κ1) is 14.6. The topological polar surface area (TPSA) is 91.0 Å². The van der Waals surface area contributed by atoms with Gasteiger partial charge in [-0.15, -0.1) is 11.3 Å². The molecule has 0 unspecified atom stereocenters. The van der Waals surface area contributed by atoms with Crippen LogP contribution < -0.4 is 5.32 Å². The Morgan fingerprint density at radius 1 is 1.52 bits per heavy atom. The highest BCUT2D eigenvalue weighted by atomic mass is 32.2. The molecule has 1 saturated carbocycles. The van der Waals surface area contributed by atoms with Crippen LogP contribution in [0.4, 0.5) is 0 Å². The lowest BCUT2D eigenvalue weighted by Gasteiger charge is -2.16. The van der Waals surface area contributed by atoms with Crippen LogP contribution in [-0.4, -0.2) is 41.0 Å². The summed E-state index contributed by atoms with van der Waals surface area (Å²) in [5.74, 6) is 0. The van der Waals surface area contributed by atoms with Gasteiger partial charge in [0.25, 0.3) is 10.0 Å². The van der Waals surface area contributed by atoms with Gasteiger partial charge >= 0.3 is 0 Å². The minimum absolute atomic E-state index is 0.161. The van der Waals surface area contributed by atoms with Crippen LogP contribution in [0.3, 0.4) is 0 Å². The molecule has 0 spiro atoms. The molecule has 0 atom stereocenters. The van der Waals surface area contributed by atoms with Crippen LogP contribution in [-0.2, 0) is 23.1 Å². The Morgan fingerprint density at radius 3 is 3.00 bits per heavy atom. The number of thiazole rings is 1. The van der Waals surface area contributed by atoms with Gasteiger partial charge in [-0.2, -0.15) is 9.40 Å². The average Bonchev–Trinajstić information content (AvgIpc) is 2.93. The van der Waals surface area contributed by atoms with E-state index in [0.29, 0.717) is 18.2 Å². The molecule has 1 aliphatic carbocycles. The number of H-pyrrole nitrogens is 1. The average molecular weight is 327 g/mol. The van der Waals surface area contributed by atoms with Crippen molar-refractivity contribution in [2.45, 2.75) is 37.0 Å². The summed E-state index contributed by atoms with van der Waals surface area (Å²) in [7, 11) is -2.04. The zero-order valence-corrected chi connectivity index (χ0v) is 13.2. The molecule has 9 heteroatoms. The Kier molecular flexibility index (Phi) is 4.07. The zero-order chi connectivity index (χ0) is 14.9. The summed E-state index contributed by atoms with van der Waals surface area (Å²) >= 11 is 1.45. The minimum atomic E-state index is -3.59.